The third-order valence-electron chi connectivity index (χ3n) is 3.21. The predicted molar refractivity (Wildman–Crippen MR) is 81.0 cm³/mol. The number of hydrogen-bond acceptors (Lipinski definition) is 4. The van der Waals surface area contributed by atoms with E-state index in [2.05, 4.69) is 0 Å². The molecule has 1 amide bonds. The molecule has 0 saturated carbocycles. The van der Waals surface area contributed by atoms with Gasteiger partial charge in [-0.15, -0.1) is 0 Å². The third-order valence-corrected chi connectivity index (χ3v) is 3.21. The highest BCUT2D eigenvalue weighted by Gasteiger charge is 2.34. The average molecular weight is 299 g/mol. The highest BCUT2D eigenvalue weighted by molar-refractivity contribution is 5.81. The zero-order valence-electron chi connectivity index (χ0n) is 14.0. The van der Waals surface area contributed by atoms with Crippen LogP contribution < -0.4 is 0 Å². The first-order valence-electron chi connectivity index (χ1n) is 7.87. The minimum Gasteiger partial charge on any atom is -0.464 e. The molecule has 5 heteroatoms. The molecule has 0 aromatic carbocycles. The molecule has 1 aliphatic rings. The summed E-state index contributed by atoms with van der Waals surface area (Å²) in [6, 6.07) is -0.513. The Morgan fingerprint density at radius 3 is 2.43 bits per heavy atom. The molecular formula is C16H29NO4. The Hall–Kier alpha value is -1.26. The Morgan fingerprint density at radius 2 is 1.86 bits per heavy atom. The van der Waals surface area contributed by atoms with Crippen LogP contribution in [0.1, 0.15) is 60.3 Å². The van der Waals surface area contributed by atoms with Crippen molar-refractivity contribution in [3.05, 3.63) is 0 Å². The molecule has 1 saturated heterocycles. The van der Waals surface area contributed by atoms with E-state index in [1.807, 2.05) is 34.6 Å². The summed E-state index contributed by atoms with van der Waals surface area (Å²) in [6.45, 7) is 10.4. The Morgan fingerprint density at radius 1 is 1.19 bits per heavy atom. The fraction of sp³-hybridized carbons (Fsp3) is 0.875. The number of ether oxygens (including phenoxy) is 2. The van der Waals surface area contributed by atoms with E-state index in [0.29, 0.717) is 19.6 Å². The molecule has 0 unspecified atom stereocenters. The zero-order chi connectivity index (χ0) is 16.0. The molecule has 21 heavy (non-hydrogen) atoms. The first-order chi connectivity index (χ1) is 9.70. The fourth-order valence-electron chi connectivity index (χ4n) is 2.24. The van der Waals surface area contributed by atoms with Gasteiger partial charge in [0.05, 0.1) is 6.61 Å². The SMILES string of the molecule is CC(C)COC(=O)[C@@H]1CCCCCN1C(=O)OC(C)(C)C. The summed E-state index contributed by atoms with van der Waals surface area (Å²) in [4.78, 5) is 26.1. The molecule has 0 aromatic rings. The summed E-state index contributed by atoms with van der Waals surface area (Å²) < 4.78 is 10.7. The summed E-state index contributed by atoms with van der Waals surface area (Å²) in [5, 5.41) is 0. The van der Waals surface area contributed by atoms with Crippen molar-refractivity contribution >= 4 is 12.1 Å². The number of rotatable bonds is 3. The Kier molecular flexibility index (Phi) is 6.49. The predicted octanol–water partition coefficient (Wildman–Crippen LogP) is 3.37. The van der Waals surface area contributed by atoms with Gasteiger partial charge in [0.1, 0.15) is 11.6 Å². The van der Waals surface area contributed by atoms with Gasteiger partial charge in [-0.25, -0.2) is 9.59 Å². The van der Waals surface area contributed by atoms with Gasteiger partial charge in [0.25, 0.3) is 0 Å². The van der Waals surface area contributed by atoms with E-state index >= 15 is 0 Å². The van der Waals surface area contributed by atoms with Crippen LogP contribution in [0.4, 0.5) is 4.79 Å². The molecule has 122 valence electrons. The fourth-order valence-corrected chi connectivity index (χ4v) is 2.24. The minimum absolute atomic E-state index is 0.287. The highest BCUT2D eigenvalue weighted by atomic mass is 16.6. The summed E-state index contributed by atoms with van der Waals surface area (Å²) in [6.07, 6.45) is 3.08. The van der Waals surface area contributed by atoms with Crippen molar-refractivity contribution < 1.29 is 19.1 Å². The number of nitrogens with zero attached hydrogens (tertiary/aromatic N) is 1. The van der Waals surface area contributed by atoms with Crippen molar-refractivity contribution in [1.82, 2.24) is 4.90 Å². The van der Waals surface area contributed by atoms with Crippen LogP contribution in [0.2, 0.25) is 0 Å². The van der Waals surface area contributed by atoms with Crippen LogP contribution in [0.5, 0.6) is 0 Å². The van der Waals surface area contributed by atoms with Crippen LogP contribution in [0.25, 0.3) is 0 Å². The smallest absolute Gasteiger partial charge is 0.411 e. The second kappa shape index (κ2) is 7.66. The molecule has 0 bridgehead atoms. The monoisotopic (exact) mass is 299 g/mol. The molecule has 1 atom stereocenters. The molecule has 0 N–H and O–H groups in total. The number of carbonyl (C=O) groups is 2. The van der Waals surface area contributed by atoms with Gasteiger partial charge < -0.3 is 9.47 Å². The van der Waals surface area contributed by atoms with Gasteiger partial charge in [-0.05, 0) is 39.5 Å². The average Bonchev–Trinajstić information content (AvgIpc) is 2.59. The highest BCUT2D eigenvalue weighted by Crippen LogP contribution is 2.21. The standard InChI is InChI=1S/C16H29NO4/c1-12(2)11-20-14(18)13-9-7-6-8-10-17(13)15(19)21-16(3,4)5/h12-13H,6-11H2,1-5H3/t13-/m0/s1. The van der Waals surface area contributed by atoms with Crippen molar-refractivity contribution in [2.75, 3.05) is 13.2 Å². The van der Waals surface area contributed by atoms with E-state index in [1.54, 1.807) is 4.90 Å². The molecule has 0 spiro atoms. The van der Waals surface area contributed by atoms with E-state index in [-0.39, 0.29) is 11.9 Å². The molecule has 0 aliphatic carbocycles. The molecule has 1 heterocycles. The maximum atomic E-state index is 12.3. The molecule has 5 nitrogen and oxygen atoms in total. The zero-order valence-corrected chi connectivity index (χ0v) is 14.0. The quantitative estimate of drug-likeness (QED) is 0.750. The molecule has 1 aliphatic heterocycles. The van der Waals surface area contributed by atoms with Gasteiger partial charge in [0.15, 0.2) is 0 Å². The normalized spacial score (nSPS) is 20.1. The van der Waals surface area contributed by atoms with Crippen molar-refractivity contribution in [2.24, 2.45) is 5.92 Å². The van der Waals surface area contributed by atoms with Crippen LogP contribution in [0.3, 0.4) is 0 Å². The first kappa shape index (κ1) is 17.8. The summed E-state index contributed by atoms with van der Waals surface area (Å²) in [5.74, 6) is -0.0221. The van der Waals surface area contributed by atoms with Crippen molar-refractivity contribution in [1.29, 1.82) is 0 Å². The Labute approximate surface area is 128 Å². The second-order valence-corrected chi connectivity index (χ2v) is 7.06. The van der Waals surface area contributed by atoms with E-state index < -0.39 is 17.7 Å². The maximum Gasteiger partial charge on any atom is 0.411 e. The van der Waals surface area contributed by atoms with Gasteiger partial charge >= 0.3 is 12.1 Å². The van der Waals surface area contributed by atoms with Gasteiger partial charge in [-0.3, -0.25) is 4.90 Å². The van der Waals surface area contributed by atoms with Crippen LogP contribution in [0.15, 0.2) is 0 Å². The Bertz CT molecular complexity index is 360. The summed E-state index contributed by atoms with van der Waals surface area (Å²) in [7, 11) is 0. The van der Waals surface area contributed by atoms with Crippen molar-refractivity contribution in [3.8, 4) is 0 Å². The number of hydrogen-bond donors (Lipinski definition) is 0. The van der Waals surface area contributed by atoms with E-state index in [0.717, 1.165) is 19.3 Å². The maximum absolute atomic E-state index is 12.3. The van der Waals surface area contributed by atoms with Crippen LogP contribution in [-0.2, 0) is 14.3 Å². The van der Waals surface area contributed by atoms with Crippen LogP contribution in [0, 0.1) is 5.92 Å². The summed E-state index contributed by atoms with van der Waals surface area (Å²) >= 11 is 0. The van der Waals surface area contributed by atoms with E-state index in [9.17, 15) is 9.59 Å². The van der Waals surface area contributed by atoms with Crippen LogP contribution >= 0.6 is 0 Å². The van der Waals surface area contributed by atoms with Crippen LogP contribution in [-0.4, -0.2) is 41.8 Å². The lowest BCUT2D eigenvalue weighted by Crippen LogP contribution is -2.47. The van der Waals surface area contributed by atoms with Crippen molar-refractivity contribution in [3.63, 3.8) is 0 Å². The lowest BCUT2D eigenvalue weighted by molar-refractivity contribution is -0.151. The second-order valence-electron chi connectivity index (χ2n) is 7.06. The summed E-state index contributed by atoms with van der Waals surface area (Å²) in [5.41, 5.74) is -0.560. The van der Waals surface area contributed by atoms with Gasteiger partial charge in [-0.2, -0.15) is 0 Å². The molecule has 1 rings (SSSR count). The molecule has 0 aromatic heterocycles. The third kappa shape index (κ3) is 6.36. The molecule has 1 fully saturated rings. The molecular weight excluding hydrogens is 270 g/mol. The molecule has 0 radical (unpaired) electrons. The van der Waals surface area contributed by atoms with E-state index in [4.69, 9.17) is 9.47 Å². The first-order valence-corrected chi connectivity index (χ1v) is 7.87. The van der Waals surface area contributed by atoms with Gasteiger partial charge in [0.2, 0.25) is 0 Å². The lowest BCUT2D eigenvalue weighted by atomic mass is 10.1. The van der Waals surface area contributed by atoms with E-state index in [1.165, 1.54) is 0 Å². The largest absolute Gasteiger partial charge is 0.464 e. The van der Waals surface area contributed by atoms with Crippen molar-refractivity contribution in [2.45, 2.75) is 71.9 Å². The minimum atomic E-state index is -0.560. The lowest BCUT2D eigenvalue weighted by Gasteiger charge is -2.31. The van der Waals surface area contributed by atoms with Gasteiger partial charge in [-0.1, -0.05) is 26.7 Å². The number of carbonyl (C=O) groups excluding carboxylic acids is 2. The topological polar surface area (TPSA) is 55.8 Å². The number of amides is 1. The Balaban J connectivity index is 2.75. The number of esters is 1. The van der Waals surface area contributed by atoms with Gasteiger partial charge in [0, 0.05) is 6.54 Å². The number of likely N-dealkylation sites (tertiary alicyclic amines) is 1.